The van der Waals surface area contributed by atoms with Crippen LogP contribution in [0.2, 0.25) is 5.02 Å². The molecule has 0 unspecified atom stereocenters. The second kappa shape index (κ2) is 9.08. The Morgan fingerprint density at radius 2 is 2.06 bits per heavy atom. The van der Waals surface area contributed by atoms with E-state index in [0.29, 0.717) is 29.0 Å². The highest BCUT2D eigenvalue weighted by atomic mass is 35.5. The van der Waals surface area contributed by atoms with Gasteiger partial charge in [0.1, 0.15) is 18.2 Å². The number of rotatable bonds is 5. The molecule has 32 heavy (non-hydrogen) atoms. The van der Waals surface area contributed by atoms with Gasteiger partial charge in [0.2, 0.25) is 0 Å². The van der Waals surface area contributed by atoms with E-state index in [1.807, 2.05) is 19.9 Å². The van der Waals surface area contributed by atoms with Gasteiger partial charge in [0.05, 0.1) is 23.6 Å². The van der Waals surface area contributed by atoms with Gasteiger partial charge in [-0.3, -0.25) is 4.79 Å². The van der Waals surface area contributed by atoms with Crippen molar-refractivity contribution in [3.63, 3.8) is 0 Å². The van der Waals surface area contributed by atoms with Crippen LogP contribution in [0.5, 0.6) is 5.75 Å². The fourth-order valence-corrected chi connectivity index (χ4v) is 5.61. The van der Waals surface area contributed by atoms with Crippen LogP contribution in [0.4, 0.5) is 4.39 Å². The van der Waals surface area contributed by atoms with Gasteiger partial charge in [-0.1, -0.05) is 11.6 Å². The molecule has 0 fully saturated rings. The van der Waals surface area contributed by atoms with Gasteiger partial charge in [0, 0.05) is 38.7 Å². The number of hydrogen-bond acceptors (Lipinski definition) is 6. The minimum absolute atomic E-state index is 0.0552. The van der Waals surface area contributed by atoms with Crippen molar-refractivity contribution in [1.82, 2.24) is 5.32 Å². The van der Waals surface area contributed by atoms with E-state index in [2.05, 4.69) is 5.32 Å². The van der Waals surface area contributed by atoms with Crippen LogP contribution in [0.1, 0.15) is 47.4 Å². The summed E-state index contributed by atoms with van der Waals surface area (Å²) >= 11 is 7.60. The van der Waals surface area contributed by atoms with E-state index < -0.39 is 17.7 Å². The first-order valence-electron chi connectivity index (χ1n) is 10.3. The van der Waals surface area contributed by atoms with E-state index in [1.165, 1.54) is 36.6 Å². The number of carbonyl (C=O) groups excluding carboxylic acids is 2. The molecule has 1 aromatic heterocycles. The monoisotopic (exact) mass is 475 g/mol. The molecule has 2 aliphatic rings. The van der Waals surface area contributed by atoms with Crippen molar-refractivity contribution in [2.75, 3.05) is 7.11 Å². The molecule has 0 saturated carbocycles. The van der Waals surface area contributed by atoms with Gasteiger partial charge in [0.25, 0.3) is 0 Å². The number of methoxy groups -OCH3 is 1. The lowest BCUT2D eigenvalue weighted by molar-refractivity contribution is -0.136. The van der Waals surface area contributed by atoms with Crippen molar-refractivity contribution >= 4 is 34.7 Å². The molecule has 0 radical (unpaired) electrons. The maximum Gasteiger partial charge on any atom is 0.336 e. The number of hydrogen-bond donors (Lipinski definition) is 1. The number of benzene rings is 1. The lowest BCUT2D eigenvalue weighted by Gasteiger charge is -2.33. The standard InChI is InChI=1S/C24H23ClFNO4S/c1-12-21(24(29)30-3)23(22-17(27-12)5-4-6-18(22)28)20-9-14(13(2)32-20)11-31-19-8-7-15(26)10-16(19)25/h7-10,23,27H,4-6,11H2,1-3H3/t23-/m1/s1. The van der Waals surface area contributed by atoms with E-state index in [9.17, 15) is 14.0 Å². The highest BCUT2D eigenvalue weighted by Gasteiger charge is 2.39. The van der Waals surface area contributed by atoms with Crippen molar-refractivity contribution in [2.45, 2.75) is 45.6 Å². The third-order valence-electron chi connectivity index (χ3n) is 5.78. The number of thiophene rings is 1. The lowest BCUT2D eigenvalue weighted by Crippen LogP contribution is -2.33. The minimum Gasteiger partial charge on any atom is -0.487 e. The molecular formula is C24H23ClFNO4S. The zero-order valence-electron chi connectivity index (χ0n) is 18.0. The molecule has 5 nitrogen and oxygen atoms in total. The topological polar surface area (TPSA) is 64.6 Å². The average Bonchev–Trinajstić information content (AvgIpc) is 3.12. The first-order chi connectivity index (χ1) is 15.3. The highest BCUT2D eigenvalue weighted by Crippen LogP contribution is 2.45. The number of allylic oxidation sites excluding steroid dienone is 3. The number of ether oxygens (including phenoxy) is 2. The summed E-state index contributed by atoms with van der Waals surface area (Å²) in [6.07, 6.45) is 2.03. The first kappa shape index (κ1) is 22.6. The van der Waals surface area contributed by atoms with Gasteiger partial charge in [-0.05, 0) is 51.0 Å². The molecule has 4 rings (SSSR count). The van der Waals surface area contributed by atoms with Crippen molar-refractivity contribution < 1.29 is 23.5 Å². The smallest absolute Gasteiger partial charge is 0.336 e. The lowest BCUT2D eigenvalue weighted by atomic mass is 9.78. The van der Waals surface area contributed by atoms with E-state index in [1.54, 1.807) is 0 Å². The number of nitrogens with one attached hydrogen (secondary N) is 1. The van der Waals surface area contributed by atoms with Gasteiger partial charge < -0.3 is 14.8 Å². The van der Waals surface area contributed by atoms with Crippen LogP contribution in [0, 0.1) is 12.7 Å². The molecule has 168 valence electrons. The molecule has 1 aliphatic heterocycles. The molecule has 2 aromatic rings. The van der Waals surface area contributed by atoms with Crippen LogP contribution in [-0.4, -0.2) is 18.9 Å². The SMILES string of the molecule is COC(=O)C1=C(C)NC2=C(C(=O)CCC2)[C@@H]1c1cc(COc2ccc(F)cc2Cl)c(C)s1. The summed E-state index contributed by atoms with van der Waals surface area (Å²) in [7, 11) is 1.34. The first-order valence-corrected chi connectivity index (χ1v) is 11.5. The predicted molar refractivity (Wildman–Crippen MR) is 121 cm³/mol. The van der Waals surface area contributed by atoms with E-state index in [-0.39, 0.29) is 17.4 Å². The summed E-state index contributed by atoms with van der Waals surface area (Å²) in [6.45, 7) is 4.03. The summed E-state index contributed by atoms with van der Waals surface area (Å²) in [5.41, 5.74) is 3.61. The number of ketones is 1. The molecule has 8 heteroatoms. The number of halogens is 2. The minimum atomic E-state index is -0.474. The Morgan fingerprint density at radius 1 is 1.28 bits per heavy atom. The Morgan fingerprint density at radius 3 is 2.78 bits per heavy atom. The van der Waals surface area contributed by atoms with E-state index >= 15 is 0 Å². The van der Waals surface area contributed by atoms with Crippen LogP contribution in [-0.2, 0) is 20.9 Å². The van der Waals surface area contributed by atoms with Crippen molar-refractivity contribution in [1.29, 1.82) is 0 Å². The average molecular weight is 476 g/mol. The molecule has 1 N–H and O–H groups in total. The van der Waals surface area contributed by atoms with E-state index in [0.717, 1.165) is 33.9 Å². The van der Waals surface area contributed by atoms with Gasteiger partial charge in [0.15, 0.2) is 5.78 Å². The van der Waals surface area contributed by atoms with Crippen LogP contribution in [0.25, 0.3) is 0 Å². The Bertz CT molecular complexity index is 1170. The summed E-state index contributed by atoms with van der Waals surface area (Å²) in [6, 6.07) is 5.96. The predicted octanol–water partition coefficient (Wildman–Crippen LogP) is 5.57. The molecule has 1 atom stereocenters. The number of aryl methyl sites for hydroxylation is 1. The van der Waals surface area contributed by atoms with Crippen molar-refractivity contribution in [3.8, 4) is 5.75 Å². The summed E-state index contributed by atoms with van der Waals surface area (Å²) in [5, 5.41) is 3.46. The third-order valence-corrected chi connectivity index (χ3v) is 7.24. The summed E-state index contributed by atoms with van der Waals surface area (Å²) in [5.74, 6) is -0.911. The van der Waals surface area contributed by atoms with Crippen LogP contribution in [0.3, 0.4) is 0 Å². The normalized spacial score (nSPS) is 18.4. The number of Topliss-reactive ketones (excluding diaryl/α,β-unsaturated/α-hetero) is 1. The molecular weight excluding hydrogens is 453 g/mol. The molecule has 2 heterocycles. The van der Waals surface area contributed by atoms with E-state index in [4.69, 9.17) is 21.1 Å². The number of dihydropyridines is 1. The Hall–Kier alpha value is -2.64. The maximum atomic E-state index is 13.3. The molecule has 0 saturated heterocycles. The zero-order valence-corrected chi connectivity index (χ0v) is 19.6. The molecule has 1 aromatic carbocycles. The second-order valence-electron chi connectivity index (χ2n) is 7.85. The van der Waals surface area contributed by atoms with Gasteiger partial charge in [-0.25, -0.2) is 9.18 Å². The van der Waals surface area contributed by atoms with Gasteiger partial charge >= 0.3 is 5.97 Å². The Kier molecular flexibility index (Phi) is 6.40. The highest BCUT2D eigenvalue weighted by molar-refractivity contribution is 7.12. The fraction of sp³-hybridized carbons (Fsp3) is 0.333. The third kappa shape index (κ3) is 4.19. The van der Waals surface area contributed by atoms with Crippen molar-refractivity contribution in [2.24, 2.45) is 0 Å². The summed E-state index contributed by atoms with van der Waals surface area (Å²) in [4.78, 5) is 27.5. The molecule has 0 amide bonds. The molecule has 0 bridgehead atoms. The van der Waals surface area contributed by atoms with Crippen molar-refractivity contribution in [3.05, 3.63) is 73.0 Å². The van der Waals surface area contributed by atoms with Crippen LogP contribution < -0.4 is 10.1 Å². The second-order valence-corrected chi connectivity index (χ2v) is 9.55. The quantitative estimate of drug-likeness (QED) is 0.573. The number of carbonyl (C=O) groups is 2. The maximum absolute atomic E-state index is 13.3. The Balaban J connectivity index is 1.70. The van der Waals surface area contributed by atoms with Crippen LogP contribution in [0.15, 0.2) is 46.8 Å². The Labute approximate surface area is 194 Å². The van der Waals surface area contributed by atoms with Crippen LogP contribution >= 0.6 is 22.9 Å². The fourth-order valence-electron chi connectivity index (χ4n) is 4.23. The zero-order chi connectivity index (χ0) is 23.0. The van der Waals surface area contributed by atoms with Gasteiger partial charge in [-0.15, -0.1) is 11.3 Å². The van der Waals surface area contributed by atoms with Gasteiger partial charge in [-0.2, -0.15) is 0 Å². The number of esters is 1. The molecule has 1 aliphatic carbocycles. The molecule has 0 spiro atoms. The summed E-state index contributed by atoms with van der Waals surface area (Å²) < 4.78 is 24.2. The largest absolute Gasteiger partial charge is 0.487 e.